The van der Waals surface area contributed by atoms with E-state index in [4.69, 9.17) is 4.74 Å². The first-order chi connectivity index (χ1) is 6.27. The molecule has 0 aromatic carbocycles. The normalized spacial score (nSPS) is 34.8. The number of hydrogen-bond donors (Lipinski definition) is 1. The number of aliphatic hydroxyl groups excluding tert-OH is 1. The number of ether oxygens (including phenoxy) is 1. The van der Waals surface area contributed by atoms with Crippen LogP contribution in [0.1, 0.15) is 25.7 Å². The summed E-state index contributed by atoms with van der Waals surface area (Å²) in [5, 5.41) is 9.30. The first kappa shape index (κ1) is 8.81. The van der Waals surface area contributed by atoms with Gasteiger partial charge >= 0.3 is 6.09 Å². The van der Waals surface area contributed by atoms with E-state index in [0.29, 0.717) is 12.6 Å². The van der Waals surface area contributed by atoms with Gasteiger partial charge in [0.2, 0.25) is 0 Å². The predicted molar refractivity (Wildman–Crippen MR) is 46.3 cm³/mol. The number of amides is 1. The van der Waals surface area contributed by atoms with Crippen molar-refractivity contribution in [2.45, 2.75) is 37.8 Å². The van der Waals surface area contributed by atoms with Crippen LogP contribution in [0, 0.1) is 0 Å². The fraction of sp³-hybridized carbons (Fsp3) is 0.889. The zero-order valence-electron chi connectivity index (χ0n) is 7.61. The highest BCUT2D eigenvalue weighted by molar-refractivity contribution is 5.69. The molecule has 0 radical (unpaired) electrons. The average molecular weight is 185 g/mol. The summed E-state index contributed by atoms with van der Waals surface area (Å²) in [4.78, 5) is 13.0. The molecule has 4 nitrogen and oxygen atoms in total. The van der Waals surface area contributed by atoms with E-state index >= 15 is 0 Å². The summed E-state index contributed by atoms with van der Waals surface area (Å²) in [5.41, 5.74) is 0. The van der Waals surface area contributed by atoms with Gasteiger partial charge in [0, 0.05) is 6.04 Å². The molecular formula is C9H15NO3. The molecule has 1 heterocycles. The first-order valence-electron chi connectivity index (χ1n) is 4.89. The van der Waals surface area contributed by atoms with Crippen LogP contribution in [0.2, 0.25) is 0 Å². The van der Waals surface area contributed by atoms with E-state index in [1.54, 1.807) is 4.90 Å². The van der Waals surface area contributed by atoms with Crippen LogP contribution in [0.5, 0.6) is 0 Å². The summed E-state index contributed by atoms with van der Waals surface area (Å²) in [5.74, 6) is 0. The molecule has 0 aromatic rings. The molecule has 2 fully saturated rings. The Morgan fingerprint density at radius 2 is 2.00 bits per heavy atom. The molecule has 1 aliphatic carbocycles. The average Bonchev–Trinajstić information content (AvgIpc) is 2.53. The Hall–Kier alpha value is -0.770. The van der Waals surface area contributed by atoms with Gasteiger partial charge in [0.1, 0.15) is 6.61 Å². The van der Waals surface area contributed by atoms with Gasteiger partial charge in [-0.2, -0.15) is 0 Å². The third kappa shape index (κ3) is 1.77. The summed E-state index contributed by atoms with van der Waals surface area (Å²) >= 11 is 0. The Morgan fingerprint density at radius 1 is 1.31 bits per heavy atom. The smallest absolute Gasteiger partial charge is 0.410 e. The van der Waals surface area contributed by atoms with Crippen LogP contribution in [-0.2, 0) is 4.74 Å². The fourth-order valence-electron chi connectivity index (χ4n) is 2.11. The van der Waals surface area contributed by atoms with E-state index in [-0.39, 0.29) is 12.2 Å². The van der Waals surface area contributed by atoms with Gasteiger partial charge in [-0.3, -0.25) is 0 Å². The lowest BCUT2D eigenvalue weighted by atomic mass is 9.92. The monoisotopic (exact) mass is 185 g/mol. The number of hydrogen-bond acceptors (Lipinski definition) is 3. The van der Waals surface area contributed by atoms with Crippen molar-refractivity contribution in [3.8, 4) is 0 Å². The van der Waals surface area contributed by atoms with Crippen molar-refractivity contribution < 1.29 is 14.6 Å². The second-order valence-electron chi connectivity index (χ2n) is 3.77. The molecule has 2 aliphatic rings. The zero-order chi connectivity index (χ0) is 9.26. The van der Waals surface area contributed by atoms with Crippen molar-refractivity contribution in [2.24, 2.45) is 0 Å². The summed E-state index contributed by atoms with van der Waals surface area (Å²) < 4.78 is 4.87. The van der Waals surface area contributed by atoms with Crippen LogP contribution < -0.4 is 0 Å². The minimum atomic E-state index is -0.179. The molecule has 0 aromatic heterocycles. The second-order valence-corrected chi connectivity index (χ2v) is 3.77. The van der Waals surface area contributed by atoms with Crippen LogP contribution in [0.4, 0.5) is 4.79 Å². The highest BCUT2D eigenvalue weighted by atomic mass is 16.6. The topological polar surface area (TPSA) is 49.8 Å². The molecule has 0 unspecified atom stereocenters. The van der Waals surface area contributed by atoms with E-state index < -0.39 is 0 Å². The second kappa shape index (κ2) is 3.54. The summed E-state index contributed by atoms with van der Waals surface area (Å²) in [7, 11) is 0. The van der Waals surface area contributed by atoms with Gasteiger partial charge in [-0.1, -0.05) is 0 Å². The van der Waals surface area contributed by atoms with Gasteiger partial charge in [0.05, 0.1) is 12.6 Å². The molecule has 2 rings (SSSR count). The van der Waals surface area contributed by atoms with Crippen LogP contribution in [0.3, 0.4) is 0 Å². The Labute approximate surface area is 77.5 Å². The standard InChI is InChI=1S/C9H15NO3/c11-8-3-1-7(2-4-8)10-5-6-13-9(10)12/h7-8,11H,1-6H2. The van der Waals surface area contributed by atoms with Crippen LogP contribution in [-0.4, -0.2) is 41.4 Å². The largest absolute Gasteiger partial charge is 0.448 e. The maximum Gasteiger partial charge on any atom is 0.410 e. The number of rotatable bonds is 1. The van der Waals surface area contributed by atoms with Gasteiger partial charge in [0.25, 0.3) is 0 Å². The molecular weight excluding hydrogens is 170 g/mol. The molecule has 0 spiro atoms. The highest BCUT2D eigenvalue weighted by Gasteiger charge is 2.32. The van der Waals surface area contributed by atoms with E-state index in [2.05, 4.69) is 0 Å². The van der Waals surface area contributed by atoms with Crippen LogP contribution >= 0.6 is 0 Å². The van der Waals surface area contributed by atoms with E-state index in [1.807, 2.05) is 0 Å². The van der Waals surface area contributed by atoms with Crippen LogP contribution in [0.15, 0.2) is 0 Å². The van der Waals surface area contributed by atoms with E-state index in [1.165, 1.54) is 0 Å². The number of carbonyl (C=O) groups excluding carboxylic acids is 1. The first-order valence-corrected chi connectivity index (χ1v) is 4.89. The zero-order valence-corrected chi connectivity index (χ0v) is 7.61. The van der Waals surface area contributed by atoms with Crippen molar-refractivity contribution in [2.75, 3.05) is 13.2 Å². The Bertz CT molecular complexity index is 199. The maximum absolute atomic E-state index is 11.2. The number of nitrogens with zero attached hydrogens (tertiary/aromatic N) is 1. The van der Waals surface area contributed by atoms with Crippen molar-refractivity contribution in [3.63, 3.8) is 0 Å². The molecule has 74 valence electrons. The Balaban J connectivity index is 1.90. The number of cyclic esters (lactones) is 1. The number of aliphatic hydroxyl groups is 1. The molecule has 1 saturated heterocycles. The quantitative estimate of drug-likeness (QED) is 0.655. The minimum Gasteiger partial charge on any atom is -0.448 e. The number of carbonyl (C=O) groups is 1. The van der Waals surface area contributed by atoms with E-state index in [9.17, 15) is 9.90 Å². The van der Waals surface area contributed by atoms with Gasteiger partial charge < -0.3 is 14.7 Å². The molecule has 1 amide bonds. The van der Waals surface area contributed by atoms with Gasteiger partial charge in [-0.25, -0.2) is 4.79 Å². The predicted octanol–water partition coefficient (Wildman–Crippen LogP) is 0.742. The van der Waals surface area contributed by atoms with Crippen molar-refractivity contribution >= 4 is 6.09 Å². The maximum atomic E-state index is 11.2. The van der Waals surface area contributed by atoms with Gasteiger partial charge in [-0.15, -0.1) is 0 Å². The lowest BCUT2D eigenvalue weighted by Crippen LogP contribution is -2.39. The third-order valence-electron chi connectivity index (χ3n) is 2.90. The summed E-state index contributed by atoms with van der Waals surface area (Å²) in [6.45, 7) is 1.25. The molecule has 1 aliphatic heterocycles. The molecule has 0 bridgehead atoms. The SMILES string of the molecule is O=C1OCCN1C1CCC(O)CC1. The Kier molecular flexibility index (Phi) is 2.40. The highest BCUT2D eigenvalue weighted by Crippen LogP contribution is 2.24. The minimum absolute atomic E-state index is 0.158. The molecule has 1 N–H and O–H groups in total. The van der Waals surface area contributed by atoms with Gasteiger partial charge in [-0.05, 0) is 25.7 Å². The third-order valence-corrected chi connectivity index (χ3v) is 2.90. The molecule has 13 heavy (non-hydrogen) atoms. The molecule has 4 heteroatoms. The van der Waals surface area contributed by atoms with Crippen molar-refractivity contribution in [1.82, 2.24) is 4.90 Å². The lowest BCUT2D eigenvalue weighted by molar-refractivity contribution is 0.0858. The summed E-state index contributed by atoms with van der Waals surface area (Å²) in [6, 6.07) is 0.304. The Morgan fingerprint density at radius 3 is 2.54 bits per heavy atom. The molecule has 1 saturated carbocycles. The lowest BCUT2D eigenvalue weighted by Gasteiger charge is -2.31. The van der Waals surface area contributed by atoms with Gasteiger partial charge in [0.15, 0.2) is 0 Å². The van der Waals surface area contributed by atoms with Crippen molar-refractivity contribution in [3.05, 3.63) is 0 Å². The summed E-state index contributed by atoms with van der Waals surface area (Å²) in [6.07, 6.45) is 3.12. The van der Waals surface area contributed by atoms with Crippen molar-refractivity contribution in [1.29, 1.82) is 0 Å². The molecule has 0 atom stereocenters. The van der Waals surface area contributed by atoms with Crippen LogP contribution in [0.25, 0.3) is 0 Å². The fourth-order valence-corrected chi connectivity index (χ4v) is 2.11. The van der Waals surface area contributed by atoms with E-state index in [0.717, 1.165) is 32.2 Å².